The quantitative estimate of drug-likeness (QED) is 0.477. The summed E-state index contributed by atoms with van der Waals surface area (Å²) in [4.78, 5) is 11.2. The number of nitrogens with one attached hydrogen (secondary N) is 2. The summed E-state index contributed by atoms with van der Waals surface area (Å²) in [5, 5.41) is 12.3. The van der Waals surface area contributed by atoms with Crippen LogP contribution in [0.5, 0.6) is 0 Å². The Balaban J connectivity index is 2.89. The van der Waals surface area contributed by atoms with Gasteiger partial charge in [0.25, 0.3) is 0 Å². The van der Waals surface area contributed by atoms with E-state index < -0.39 is 16.0 Å². The first-order valence-corrected chi connectivity index (χ1v) is 10.3. The number of benzene rings is 1. The van der Waals surface area contributed by atoms with Gasteiger partial charge in [0.15, 0.2) is 0 Å². The number of carbonyl (C=O) groups is 1. The van der Waals surface area contributed by atoms with E-state index >= 15 is 0 Å². The third kappa shape index (κ3) is 7.72. The predicted molar refractivity (Wildman–Crippen MR) is 102 cm³/mol. The normalized spacial score (nSPS) is 11.9. The Morgan fingerprint density at radius 3 is 2.46 bits per heavy atom. The number of carboxylic acids is 1. The first-order chi connectivity index (χ1) is 12.1. The number of carboxylic acid groups (broad SMARTS) is 1. The average molecular weight is 387 g/mol. The van der Waals surface area contributed by atoms with Gasteiger partial charge in [-0.2, -0.15) is 0 Å². The van der Waals surface area contributed by atoms with E-state index in [9.17, 15) is 13.2 Å². The molecule has 0 amide bonds. The second-order valence-electron chi connectivity index (χ2n) is 6.80. The van der Waals surface area contributed by atoms with Crippen molar-refractivity contribution >= 4 is 21.7 Å². The van der Waals surface area contributed by atoms with Crippen molar-refractivity contribution < 1.29 is 23.1 Å². The number of anilines is 1. The van der Waals surface area contributed by atoms with Gasteiger partial charge in [-0.15, -0.1) is 0 Å². The number of ether oxygens (including phenoxy) is 1. The Morgan fingerprint density at radius 2 is 1.88 bits per heavy atom. The van der Waals surface area contributed by atoms with Crippen LogP contribution in [0.4, 0.5) is 5.69 Å². The van der Waals surface area contributed by atoms with Crippen LogP contribution in [0.15, 0.2) is 23.1 Å². The lowest BCUT2D eigenvalue weighted by Crippen LogP contribution is -2.27. The molecule has 0 fully saturated rings. The molecule has 0 aromatic heterocycles. The first kappa shape index (κ1) is 22.4. The van der Waals surface area contributed by atoms with E-state index in [-0.39, 0.29) is 23.1 Å². The molecule has 1 aromatic rings. The molecule has 0 bridgehead atoms. The van der Waals surface area contributed by atoms with Crippen LogP contribution in [-0.2, 0) is 14.8 Å². The zero-order chi connectivity index (χ0) is 19.7. The molecule has 148 valence electrons. The molecule has 0 aliphatic rings. The largest absolute Gasteiger partial charge is 0.478 e. The zero-order valence-corrected chi connectivity index (χ0v) is 16.7. The van der Waals surface area contributed by atoms with Crippen molar-refractivity contribution in [3.63, 3.8) is 0 Å². The smallest absolute Gasteiger partial charge is 0.335 e. The topological polar surface area (TPSA) is 105 Å². The number of hydrogen-bond acceptors (Lipinski definition) is 5. The number of hydrogen-bond donors (Lipinski definition) is 3. The van der Waals surface area contributed by atoms with Gasteiger partial charge >= 0.3 is 5.97 Å². The van der Waals surface area contributed by atoms with Crippen LogP contribution in [-0.4, -0.2) is 45.3 Å². The van der Waals surface area contributed by atoms with Crippen molar-refractivity contribution in [2.75, 3.05) is 25.0 Å². The van der Waals surface area contributed by atoms with Crippen molar-refractivity contribution in [3.8, 4) is 0 Å². The zero-order valence-electron chi connectivity index (χ0n) is 15.9. The second kappa shape index (κ2) is 10.5. The molecular weight excluding hydrogens is 356 g/mol. The Morgan fingerprint density at radius 1 is 1.19 bits per heavy atom. The lowest BCUT2D eigenvalue weighted by molar-refractivity contribution is 0.0696. The van der Waals surface area contributed by atoms with E-state index in [0.29, 0.717) is 31.2 Å². The molecule has 8 heteroatoms. The van der Waals surface area contributed by atoms with Crippen LogP contribution in [0.25, 0.3) is 0 Å². The van der Waals surface area contributed by atoms with Gasteiger partial charge in [-0.1, -0.05) is 13.8 Å². The Hall–Kier alpha value is -1.64. The summed E-state index contributed by atoms with van der Waals surface area (Å²) in [6, 6.07) is 4.09. The molecule has 3 N–H and O–H groups in total. The maximum atomic E-state index is 12.6. The van der Waals surface area contributed by atoms with Gasteiger partial charge < -0.3 is 15.2 Å². The molecule has 0 unspecified atom stereocenters. The molecule has 0 aliphatic carbocycles. The van der Waals surface area contributed by atoms with Gasteiger partial charge in [-0.3, -0.25) is 0 Å². The van der Waals surface area contributed by atoms with E-state index in [1.54, 1.807) is 0 Å². The number of sulfonamides is 1. The van der Waals surface area contributed by atoms with Crippen molar-refractivity contribution in [1.82, 2.24) is 4.72 Å². The fourth-order valence-electron chi connectivity index (χ4n) is 2.19. The summed E-state index contributed by atoms with van der Waals surface area (Å²) in [7, 11) is -3.83. The van der Waals surface area contributed by atoms with Crippen molar-refractivity contribution in [3.05, 3.63) is 23.8 Å². The average Bonchev–Trinajstić information content (AvgIpc) is 2.53. The SMILES string of the molecule is CC(C)CCNc1ccc(C(=O)O)cc1S(=O)(=O)NCCCOC(C)C. The monoisotopic (exact) mass is 386 g/mol. The maximum Gasteiger partial charge on any atom is 0.335 e. The van der Waals surface area contributed by atoms with Crippen LogP contribution < -0.4 is 10.0 Å². The van der Waals surface area contributed by atoms with E-state index in [1.807, 2.05) is 13.8 Å². The van der Waals surface area contributed by atoms with Crippen molar-refractivity contribution in [1.29, 1.82) is 0 Å². The molecule has 0 aliphatic heterocycles. The standard InChI is InChI=1S/C18H30N2O5S/c1-13(2)8-10-19-16-7-6-15(18(21)22)12-17(16)26(23,24)20-9-5-11-25-14(3)4/h6-7,12-14,19-20H,5,8-11H2,1-4H3,(H,21,22). The summed E-state index contributed by atoms with van der Waals surface area (Å²) >= 11 is 0. The van der Waals surface area contributed by atoms with Gasteiger partial charge in [0.2, 0.25) is 10.0 Å². The van der Waals surface area contributed by atoms with Crippen LogP contribution in [0.2, 0.25) is 0 Å². The minimum atomic E-state index is -3.83. The fourth-order valence-corrected chi connectivity index (χ4v) is 3.48. The summed E-state index contributed by atoms with van der Waals surface area (Å²) < 4.78 is 33.2. The highest BCUT2D eigenvalue weighted by Gasteiger charge is 2.20. The first-order valence-electron chi connectivity index (χ1n) is 8.86. The molecule has 26 heavy (non-hydrogen) atoms. The highest BCUT2D eigenvalue weighted by atomic mass is 32.2. The molecule has 7 nitrogen and oxygen atoms in total. The Labute approximate surface area is 156 Å². The summed E-state index contributed by atoms with van der Waals surface area (Å²) in [6.45, 7) is 9.26. The summed E-state index contributed by atoms with van der Waals surface area (Å²) in [5.41, 5.74) is 0.338. The molecule has 1 rings (SSSR count). The lowest BCUT2D eigenvalue weighted by atomic mass is 10.1. The van der Waals surface area contributed by atoms with Gasteiger partial charge in [0.05, 0.1) is 17.4 Å². The summed E-state index contributed by atoms with van der Waals surface area (Å²) in [6.07, 6.45) is 1.50. The van der Waals surface area contributed by atoms with Gasteiger partial charge in [-0.25, -0.2) is 17.9 Å². The predicted octanol–water partition coefficient (Wildman–Crippen LogP) is 2.94. The lowest BCUT2D eigenvalue weighted by Gasteiger charge is -2.15. The van der Waals surface area contributed by atoms with Crippen LogP contribution >= 0.6 is 0 Å². The number of rotatable bonds is 12. The maximum absolute atomic E-state index is 12.6. The second-order valence-corrected chi connectivity index (χ2v) is 8.53. The molecule has 0 saturated carbocycles. The van der Waals surface area contributed by atoms with E-state index in [1.165, 1.54) is 18.2 Å². The molecule has 0 atom stereocenters. The van der Waals surface area contributed by atoms with Gasteiger partial charge in [0.1, 0.15) is 4.90 Å². The van der Waals surface area contributed by atoms with Crippen LogP contribution in [0.1, 0.15) is 50.9 Å². The Bertz CT molecular complexity index is 687. The highest BCUT2D eigenvalue weighted by molar-refractivity contribution is 7.89. The minimum absolute atomic E-state index is 0.0501. The molecular formula is C18H30N2O5S. The summed E-state index contributed by atoms with van der Waals surface area (Å²) in [5.74, 6) is -0.694. The molecule has 0 spiro atoms. The van der Waals surface area contributed by atoms with E-state index in [4.69, 9.17) is 9.84 Å². The molecule has 0 saturated heterocycles. The molecule has 0 radical (unpaired) electrons. The van der Waals surface area contributed by atoms with Gasteiger partial charge in [0, 0.05) is 19.7 Å². The molecule has 1 aromatic carbocycles. The third-order valence-corrected chi connectivity index (χ3v) is 5.12. The van der Waals surface area contributed by atoms with E-state index in [2.05, 4.69) is 23.9 Å². The highest BCUT2D eigenvalue weighted by Crippen LogP contribution is 2.23. The molecule has 0 heterocycles. The fraction of sp³-hybridized carbons (Fsp3) is 0.611. The minimum Gasteiger partial charge on any atom is -0.478 e. The third-order valence-electron chi connectivity index (χ3n) is 3.62. The van der Waals surface area contributed by atoms with Crippen LogP contribution in [0.3, 0.4) is 0 Å². The number of aromatic carboxylic acids is 1. The van der Waals surface area contributed by atoms with Crippen molar-refractivity contribution in [2.24, 2.45) is 5.92 Å². The van der Waals surface area contributed by atoms with Gasteiger partial charge in [-0.05, 0) is 50.8 Å². The van der Waals surface area contributed by atoms with Crippen LogP contribution in [0, 0.1) is 5.92 Å². The van der Waals surface area contributed by atoms with E-state index in [0.717, 1.165) is 6.42 Å². The Kier molecular flexibility index (Phi) is 9.04. The van der Waals surface area contributed by atoms with Crippen molar-refractivity contribution in [2.45, 2.75) is 51.5 Å².